The van der Waals surface area contributed by atoms with Crippen molar-refractivity contribution in [2.75, 3.05) is 7.05 Å². The predicted octanol–water partition coefficient (Wildman–Crippen LogP) is 0.910. The molecule has 4 atom stereocenters. The van der Waals surface area contributed by atoms with E-state index in [2.05, 4.69) is 0 Å². The summed E-state index contributed by atoms with van der Waals surface area (Å²) >= 11 is 0. The first-order chi connectivity index (χ1) is 6.09. The number of carbonyl (C=O) groups is 1. The highest BCUT2D eigenvalue weighted by Gasteiger charge is 2.48. The van der Waals surface area contributed by atoms with Gasteiger partial charge in [-0.2, -0.15) is 0 Å². The van der Waals surface area contributed by atoms with Gasteiger partial charge in [0.05, 0.1) is 12.1 Å². The van der Waals surface area contributed by atoms with Crippen molar-refractivity contribution in [2.45, 2.75) is 38.0 Å². The normalized spacial score (nSPS) is 44.5. The Morgan fingerprint density at radius 2 is 2.31 bits per heavy atom. The third-order valence-corrected chi connectivity index (χ3v) is 2.63. The zero-order valence-corrected chi connectivity index (χ0v) is 7.57. The number of fused-ring (bicyclic) bond motifs is 1. The minimum atomic E-state index is -1.31. The average molecular weight is 189 g/mol. The maximum absolute atomic E-state index is 12.9. The molecule has 13 heavy (non-hydrogen) atoms. The van der Waals surface area contributed by atoms with E-state index in [4.69, 9.17) is 9.47 Å². The summed E-state index contributed by atoms with van der Waals surface area (Å²) in [7, 11) is 1.64. The van der Waals surface area contributed by atoms with Gasteiger partial charge in [0.2, 0.25) is 6.36 Å². The number of hydrogen-bond acceptors (Lipinski definition) is 3. The van der Waals surface area contributed by atoms with E-state index in [-0.39, 0.29) is 30.8 Å². The molecule has 0 aromatic carbocycles. The second-order valence-corrected chi connectivity index (χ2v) is 3.51. The summed E-state index contributed by atoms with van der Waals surface area (Å²) < 4.78 is 22.9. The van der Waals surface area contributed by atoms with Crippen molar-refractivity contribution in [3.8, 4) is 0 Å². The van der Waals surface area contributed by atoms with Crippen LogP contribution in [0.5, 0.6) is 0 Å². The zero-order chi connectivity index (χ0) is 9.59. The first-order valence-corrected chi connectivity index (χ1v) is 4.32. The van der Waals surface area contributed by atoms with E-state index >= 15 is 0 Å². The summed E-state index contributed by atoms with van der Waals surface area (Å²) in [6, 6.07) is -0.139. The van der Waals surface area contributed by atoms with E-state index in [1.165, 1.54) is 4.90 Å². The SMILES string of the molecule is C[C@H]1OC(F)C[C@@H]2OC(=O)N(C)[C@@H]21. The first kappa shape index (κ1) is 8.74. The van der Waals surface area contributed by atoms with Crippen molar-refractivity contribution in [2.24, 2.45) is 0 Å². The fourth-order valence-corrected chi connectivity index (χ4v) is 2.01. The fraction of sp³-hybridized carbons (Fsp3) is 0.875. The van der Waals surface area contributed by atoms with Crippen molar-refractivity contribution in [1.82, 2.24) is 4.90 Å². The lowest BCUT2D eigenvalue weighted by molar-refractivity contribution is -0.152. The molecule has 0 N–H and O–H groups in total. The number of halogens is 1. The van der Waals surface area contributed by atoms with Crippen molar-refractivity contribution in [3.05, 3.63) is 0 Å². The Morgan fingerprint density at radius 3 is 3.00 bits per heavy atom. The molecule has 2 rings (SSSR count). The van der Waals surface area contributed by atoms with Crippen LogP contribution in [0.25, 0.3) is 0 Å². The summed E-state index contributed by atoms with van der Waals surface area (Å²) in [6.07, 6.45) is -2.21. The number of ether oxygens (including phenoxy) is 2. The first-order valence-electron chi connectivity index (χ1n) is 4.32. The van der Waals surface area contributed by atoms with Crippen molar-refractivity contribution >= 4 is 6.09 Å². The molecule has 0 radical (unpaired) electrons. The van der Waals surface area contributed by atoms with E-state index in [1.54, 1.807) is 14.0 Å². The minimum Gasteiger partial charge on any atom is -0.444 e. The molecular formula is C8H12FNO3. The minimum absolute atomic E-state index is 0.139. The van der Waals surface area contributed by atoms with Gasteiger partial charge in [-0.3, -0.25) is 0 Å². The number of carbonyl (C=O) groups excluding carboxylic acids is 1. The highest BCUT2D eigenvalue weighted by molar-refractivity contribution is 5.70. The quantitative estimate of drug-likeness (QED) is 0.568. The monoisotopic (exact) mass is 189 g/mol. The number of amides is 1. The number of likely N-dealkylation sites (N-methyl/N-ethyl adjacent to an activating group) is 1. The lowest BCUT2D eigenvalue weighted by atomic mass is 10.00. The third kappa shape index (κ3) is 1.27. The third-order valence-electron chi connectivity index (χ3n) is 2.63. The molecule has 4 nitrogen and oxygen atoms in total. The van der Waals surface area contributed by atoms with Gasteiger partial charge in [0.1, 0.15) is 6.10 Å². The summed E-state index contributed by atoms with van der Waals surface area (Å²) in [5, 5.41) is 0. The molecule has 2 saturated heterocycles. The van der Waals surface area contributed by atoms with Crippen molar-refractivity contribution in [3.63, 3.8) is 0 Å². The second kappa shape index (κ2) is 2.83. The Kier molecular flexibility index (Phi) is 1.91. The van der Waals surface area contributed by atoms with Crippen LogP contribution in [0.4, 0.5) is 9.18 Å². The maximum Gasteiger partial charge on any atom is 0.410 e. The fourth-order valence-electron chi connectivity index (χ4n) is 2.01. The number of alkyl halides is 1. The van der Waals surface area contributed by atoms with Crippen LogP contribution >= 0.6 is 0 Å². The molecule has 0 aromatic rings. The topological polar surface area (TPSA) is 38.8 Å². The molecule has 0 saturated carbocycles. The Labute approximate surface area is 75.6 Å². The highest BCUT2D eigenvalue weighted by atomic mass is 19.1. The molecule has 2 fully saturated rings. The molecular weight excluding hydrogens is 177 g/mol. The van der Waals surface area contributed by atoms with Gasteiger partial charge in [0, 0.05) is 13.5 Å². The molecule has 0 aliphatic carbocycles. The molecule has 2 aliphatic rings. The van der Waals surface area contributed by atoms with Gasteiger partial charge in [0.15, 0.2) is 0 Å². The summed E-state index contributed by atoms with van der Waals surface area (Å²) in [4.78, 5) is 12.6. The van der Waals surface area contributed by atoms with Gasteiger partial charge >= 0.3 is 6.09 Å². The molecule has 0 aromatic heterocycles. The van der Waals surface area contributed by atoms with Crippen molar-refractivity contribution in [1.29, 1.82) is 0 Å². The van der Waals surface area contributed by atoms with E-state index in [1.807, 2.05) is 0 Å². The van der Waals surface area contributed by atoms with Crippen LogP contribution in [-0.2, 0) is 9.47 Å². The molecule has 0 bridgehead atoms. The number of rotatable bonds is 0. The summed E-state index contributed by atoms with van der Waals surface area (Å²) in [5.41, 5.74) is 0. The van der Waals surface area contributed by atoms with Gasteiger partial charge in [-0.15, -0.1) is 0 Å². The average Bonchev–Trinajstić information content (AvgIpc) is 2.27. The molecule has 1 unspecified atom stereocenters. The lowest BCUT2D eigenvalue weighted by Crippen LogP contribution is -2.49. The van der Waals surface area contributed by atoms with E-state index in [0.29, 0.717) is 0 Å². The largest absolute Gasteiger partial charge is 0.444 e. The van der Waals surface area contributed by atoms with Gasteiger partial charge in [-0.25, -0.2) is 9.18 Å². The highest BCUT2D eigenvalue weighted by Crippen LogP contribution is 2.31. The van der Waals surface area contributed by atoms with Crippen molar-refractivity contribution < 1.29 is 18.7 Å². The standard InChI is InChI=1S/C8H12FNO3/c1-4-7-5(3-6(9)12-4)13-8(11)10(7)2/h4-7H,3H2,1-2H3/t4-,5+,6?,7-/m1/s1. The summed E-state index contributed by atoms with van der Waals surface area (Å²) in [6.45, 7) is 1.75. The molecule has 2 aliphatic heterocycles. The molecule has 74 valence electrons. The van der Waals surface area contributed by atoms with Crippen LogP contribution < -0.4 is 0 Å². The molecule has 5 heteroatoms. The van der Waals surface area contributed by atoms with Gasteiger partial charge in [0.25, 0.3) is 0 Å². The van der Waals surface area contributed by atoms with Crippen LogP contribution in [0.15, 0.2) is 0 Å². The molecule has 0 spiro atoms. The van der Waals surface area contributed by atoms with Gasteiger partial charge < -0.3 is 14.4 Å². The van der Waals surface area contributed by atoms with Crippen LogP contribution in [0, 0.1) is 0 Å². The summed E-state index contributed by atoms with van der Waals surface area (Å²) in [5.74, 6) is 0. The smallest absolute Gasteiger partial charge is 0.410 e. The molecule has 1 amide bonds. The zero-order valence-electron chi connectivity index (χ0n) is 7.57. The Bertz CT molecular complexity index is 235. The maximum atomic E-state index is 12.9. The lowest BCUT2D eigenvalue weighted by Gasteiger charge is -2.33. The van der Waals surface area contributed by atoms with Crippen LogP contribution in [0.2, 0.25) is 0 Å². The van der Waals surface area contributed by atoms with E-state index in [9.17, 15) is 9.18 Å². The van der Waals surface area contributed by atoms with Crippen LogP contribution in [-0.4, -0.2) is 42.6 Å². The second-order valence-electron chi connectivity index (χ2n) is 3.51. The number of nitrogens with zero attached hydrogens (tertiary/aromatic N) is 1. The Balaban J connectivity index is 2.17. The molecule has 2 heterocycles. The number of hydrogen-bond donors (Lipinski definition) is 0. The Morgan fingerprint density at radius 1 is 1.62 bits per heavy atom. The predicted molar refractivity (Wildman–Crippen MR) is 41.9 cm³/mol. The van der Waals surface area contributed by atoms with E-state index in [0.717, 1.165) is 0 Å². The Hall–Kier alpha value is -0.840. The van der Waals surface area contributed by atoms with Crippen LogP contribution in [0.1, 0.15) is 13.3 Å². The van der Waals surface area contributed by atoms with Gasteiger partial charge in [-0.1, -0.05) is 0 Å². The van der Waals surface area contributed by atoms with Gasteiger partial charge in [-0.05, 0) is 6.92 Å². The van der Waals surface area contributed by atoms with E-state index < -0.39 is 6.36 Å². The van der Waals surface area contributed by atoms with Crippen LogP contribution in [0.3, 0.4) is 0 Å².